The van der Waals surface area contributed by atoms with Crippen LogP contribution in [-0.2, 0) is 22.4 Å². The molecule has 0 aliphatic heterocycles. The van der Waals surface area contributed by atoms with E-state index in [2.05, 4.69) is 9.97 Å². The van der Waals surface area contributed by atoms with E-state index in [1.54, 1.807) is 13.8 Å². The van der Waals surface area contributed by atoms with Crippen molar-refractivity contribution in [2.45, 2.75) is 39.5 Å². The average Bonchev–Trinajstić information content (AvgIpc) is 3.18. The SMILES string of the molecule is CCOC(=O)C1(Cc2nc(Cl)nc(CC)c2[N+](=O)[O-])CC1. The van der Waals surface area contributed by atoms with Crippen molar-refractivity contribution < 1.29 is 14.5 Å². The average molecular weight is 314 g/mol. The lowest BCUT2D eigenvalue weighted by Crippen LogP contribution is -2.23. The van der Waals surface area contributed by atoms with E-state index in [0.29, 0.717) is 19.3 Å². The van der Waals surface area contributed by atoms with Crippen molar-refractivity contribution in [3.8, 4) is 0 Å². The molecule has 1 aliphatic rings. The highest BCUT2D eigenvalue weighted by Crippen LogP contribution is 2.50. The molecule has 0 bridgehead atoms. The molecule has 1 aliphatic carbocycles. The summed E-state index contributed by atoms with van der Waals surface area (Å²) in [5.41, 5.74) is -0.335. The fraction of sp³-hybridized carbons (Fsp3) is 0.615. The summed E-state index contributed by atoms with van der Waals surface area (Å²) < 4.78 is 5.04. The molecule has 0 saturated heterocycles. The maximum atomic E-state index is 12.0. The van der Waals surface area contributed by atoms with Gasteiger partial charge in [0.05, 0.1) is 16.9 Å². The van der Waals surface area contributed by atoms with E-state index in [4.69, 9.17) is 16.3 Å². The van der Waals surface area contributed by atoms with E-state index in [9.17, 15) is 14.9 Å². The molecule has 21 heavy (non-hydrogen) atoms. The van der Waals surface area contributed by atoms with Crippen LogP contribution < -0.4 is 0 Å². The number of carbonyl (C=O) groups excluding carboxylic acids is 1. The van der Waals surface area contributed by atoms with Crippen LogP contribution >= 0.6 is 11.6 Å². The van der Waals surface area contributed by atoms with Crippen LogP contribution in [0.2, 0.25) is 5.28 Å². The second-order valence-corrected chi connectivity index (χ2v) is 5.36. The van der Waals surface area contributed by atoms with E-state index in [-0.39, 0.29) is 41.4 Å². The summed E-state index contributed by atoms with van der Waals surface area (Å²) in [6, 6.07) is 0. The number of halogens is 1. The molecule has 0 aromatic carbocycles. The number of aromatic nitrogens is 2. The molecular weight excluding hydrogens is 298 g/mol. The number of ether oxygens (including phenoxy) is 1. The second kappa shape index (κ2) is 5.93. The molecular formula is C13H16ClN3O4. The minimum Gasteiger partial charge on any atom is -0.466 e. The molecule has 1 aromatic heterocycles. The van der Waals surface area contributed by atoms with Gasteiger partial charge in [-0.2, -0.15) is 0 Å². The van der Waals surface area contributed by atoms with Gasteiger partial charge in [0.2, 0.25) is 5.28 Å². The fourth-order valence-corrected chi connectivity index (χ4v) is 2.51. The van der Waals surface area contributed by atoms with Crippen molar-refractivity contribution in [3.05, 3.63) is 26.8 Å². The van der Waals surface area contributed by atoms with Crippen molar-refractivity contribution in [3.63, 3.8) is 0 Å². The highest BCUT2D eigenvalue weighted by atomic mass is 35.5. The third-order valence-corrected chi connectivity index (χ3v) is 3.76. The molecule has 0 radical (unpaired) electrons. The van der Waals surface area contributed by atoms with Crippen LogP contribution in [0.15, 0.2) is 0 Å². The fourth-order valence-electron chi connectivity index (χ4n) is 2.31. The van der Waals surface area contributed by atoms with Crippen LogP contribution in [0.1, 0.15) is 38.1 Å². The van der Waals surface area contributed by atoms with E-state index >= 15 is 0 Å². The Morgan fingerprint density at radius 1 is 1.38 bits per heavy atom. The van der Waals surface area contributed by atoms with Gasteiger partial charge in [-0.25, -0.2) is 9.97 Å². The number of nitrogens with zero attached hydrogens (tertiary/aromatic N) is 3. The number of hydrogen-bond acceptors (Lipinski definition) is 6. The van der Waals surface area contributed by atoms with E-state index < -0.39 is 10.3 Å². The van der Waals surface area contributed by atoms with Crippen LogP contribution in [0.4, 0.5) is 5.69 Å². The summed E-state index contributed by atoms with van der Waals surface area (Å²) in [5, 5.41) is 11.2. The van der Waals surface area contributed by atoms with Gasteiger partial charge in [-0.3, -0.25) is 14.9 Å². The van der Waals surface area contributed by atoms with Crippen LogP contribution in [0.5, 0.6) is 0 Å². The maximum Gasteiger partial charge on any atom is 0.312 e. The highest BCUT2D eigenvalue weighted by Gasteiger charge is 2.52. The van der Waals surface area contributed by atoms with Crippen LogP contribution in [0.25, 0.3) is 0 Å². The summed E-state index contributed by atoms with van der Waals surface area (Å²) >= 11 is 5.83. The van der Waals surface area contributed by atoms with Gasteiger partial charge in [-0.05, 0) is 37.8 Å². The number of hydrogen-bond donors (Lipinski definition) is 0. The number of rotatable bonds is 6. The first-order valence-electron chi connectivity index (χ1n) is 6.80. The normalized spacial score (nSPS) is 15.6. The Morgan fingerprint density at radius 2 is 2.00 bits per heavy atom. The molecule has 0 N–H and O–H groups in total. The van der Waals surface area contributed by atoms with E-state index in [1.165, 1.54) is 0 Å². The Hall–Kier alpha value is -1.76. The van der Waals surface area contributed by atoms with Gasteiger partial charge in [0, 0.05) is 6.42 Å². The molecule has 0 unspecified atom stereocenters. The predicted octanol–water partition coefficient (Wildman–Crippen LogP) is 2.49. The van der Waals surface area contributed by atoms with Crippen LogP contribution in [0, 0.1) is 15.5 Å². The molecule has 0 spiro atoms. The Labute approximate surface area is 126 Å². The third-order valence-electron chi connectivity index (χ3n) is 3.59. The Kier molecular flexibility index (Phi) is 4.41. The minimum absolute atomic E-state index is 0.0351. The molecule has 1 aromatic rings. The Bertz CT molecular complexity index is 587. The van der Waals surface area contributed by atoms with Crippen molar-refractivity contribution in [1.29, 1.82) is 0 Å². The van der Waals surface area contributed by atoms with Crippen molar-refractivity contribution in [1.82, 2.24) is 9.97 Å². The van der Waals surface area contributed by atoms with Gasteiger partial charge in [-0.15, -0.1) is 0 Å². The number of nitro groups is 1. The lowest BCUT2D eigenvalue weighted by atomic mass is 9.98. The first kappa shape index (κ1) is 15.6. The minimum atomic E-state index is -0.691. The zero-order valence-electron chi connectivity index (χ0n) is 11.9. The standard InChI is InChI=1S/C13H16ClN3O4/c1-3-8-10(17(19)20)9(16-12(14)15-8)7-13(5-6-13)11(18)21-4-2/h3-7H2,1-2H3. The Morgan fingerprint density at radius 3 is 2.48 bits per heavy atom. The van der Waals surface area contributed by atoms with Crippen LogP contribution in [-0.4, -0.2) is 27.5 Å². The maximum absolute atomic E-state index is 12.0. The summed E-state index contributed by atoms with van der Waals surface area (Å²) in [6.07, 6.45) is 1.83. The molecule has 1 fully saturated rings. The van der Waals surface area contributed by atoms with Gasteiger partial charge in [0.1, 0.15) is 11.4 Å². The first-order chi connectivity index (χ1) is 9.93. The molecule has 8 heteroatoms. The third kappa shape index (κ3) is 3.12. The first-order valence-corrected chi connectivity index (χ1v) is 7.18. The monoisotopic (exact) mass is 313 g/mol. The highest BCUT2D eigenvalue weighted by molar-refractivity contribution is 6.28. The molecule has 7 nitrogen and oxygen atoms in total. The van der Waals surface area contributed by atoms with Crippen molar-refractivity contribution in [2.24, 2.45) is 5.41 Å². The van der Waals surface area contributed by atoms with Crippen LogP contribution in [0.3, 0.4) is 0 Å². The van der Waals surface area contributed by atoms with Gasteiger partial charge >= 0.3 is 11.7 Å². The largest absolute Gasteiger partial charge is 0.466 e. The number of carbonyl (C=O) groups is 1. The zero-order valence-corrected chi connectivity index (χ0v) is 12.6. The predicted molar refractivity (Wildman–Crippen MR) is 75.1 cm³/mol. The molecule has 0 atom stereocenters. The molecule has 1 heterocycles. The zero-order chi connectivity index (χ0) is 15.6. The summed E-state index contributed by atoms with van der Waals surface area (Å²) in [6.45, 7) is 3.77. The number of esters is 1. The summed E-state index contributed by atoms with van der Waals surface area (Å²) in [4.78, 5) is 30.6. The topological polar surface area (TPSA) is 95.2 Å². The van der Waals surface area contributed by atoms with Gasteiger partial charge in [-0.1, -0.05) is 6.92 Å². The van der Waals surface area contributed by atoms with Gasteiger partial charge in [0.15, 0.2) is 0 Å². The molecule has 1 saturated carbocycles. The van der Waals surface area contributed by atoms with Gasteiger partial charge in [0.25, 0.3) is 0 Å². The summed E-state index contributed by atoms with van der Waals surface area (Å²) in [7, 11) is 0. The smallest absolute Gasteiger partial charge is 0.312 e. The van der Waals surface area contributed by atoms with Crippen molar-refractivity contribution in [2.75, 3.05) is 6.61 Å². The van der Waals surface area contributed by atoms with E-state index in [0.717, 1.165) is 0 Å². The molecule has 0 amide bonds. The second-order valence-electron chi connectivity index (χ2n) is 5.02. The Balaban J connectivity index is 2.38. The number of aryl methyl sites for hydroxylation is 1. The molecule has 114 valence electrons. The quantitative estimate of drug-likeness (QED) is 0.346. The lowest BCUT2D eigenvalue weighted by molar-refractivity contribution is -0.387. The lowest BCUT2D eigenvalue weighted by Gasteiger charge is -2.14. The summed E-state index contributed by atoms with van der Waals surface area (Å²) in [5.74, 6) is -0.327. The van der Waals surface area contributed by atoms with Crippen molar-refractivity contribution >= 4 is 23.3 Å². The van der Waals surface area contributed by atoms with Gasteiger partial charge < -0.3 is 4.74 Å². The molecule has 2 rings (SSSR count). The van der Waals surface area contributed by atoms with E-state index in [1.807, 2.05) is 0 Å².